The van der Waals surface area contributed by atoms with Crippen LogP contribution >= 0.6 is 11.3 Å². The van der Waals surface area contributed by atoms with Crippen LogP contribution < -0.4 is 26.8 Å². The van der Waals surface area contributed by atoms with Crippen molar-refractivity contribution in [2.45, 2.75) is 32.6 Å². The molecule has 0 atom stereocenters. The van der Waals surface area contributed by atoms with E-state index in [0.29, 0.717) is 24.3 Å². The number of fused-ring (bicyclic) bond motifs is 1. The number of phenolic OH excluding ortho intramolecular Hbond substituents is 1. The summed E-state index contributed by atoms with van der Waals surface area (Å²) in [7, 11) is 6.54. The molecule has 0 bridgehead atoms. The molecule has 63 heavy (non-hydrogen) atoms. The van der Waals surface area contributed by atoms with Crippen LogP contribution in [-0.4, -0.2) is 75.9 Å². The van der Waals surface area contributed by atoms with Gasteiger partial charge < -0.3 is 36.4 Å². The van der Waals surface area contributed by atoms with Crippen molar-refractivity contribution in [3.8, 4) is 27.7 Å². The highest BCUT2D eigenvalue weighted by Crippen LogP contribution is 2.40. The molecule has 0 unspecified atom stereocenters. The lowest BCUT2D eigenvalue weighted by atomic mass is 9.88. The van der Waals surface area contributed by atoms with Crippen LogP contribution in [0.4, 0.5) is 0 Å². The van der Waals surface area contributed by atoms with Gasteiger partial charge in [-0.25, -0.2) is 0 Å². The van der Waals surface area contributed by atoms with Gasteiger partial charge in [0.25, 0.3) is 0 Å². The quantitative estimate of drug-likeness (QED) is 0.0622. The van der Waals surface area contributed by atoms with E-state index in [1.807, 2.05) is 60.7 Å². The number of allylic oxidation sites excluding steroid dienone is 1. The molecule has 1 saturated heterocycles. The van der Waals surface area contributed by atoms with Crippen molar-refractivity contribution in [3.63, 3.8) is 0 Å². The van der Waals surface area contributed by atoms with Crippen molar-refractivity contribution in [1.29, 1.82) is 0 Å². The maximum atomic E-state index is 13.6. The number of likely N-dealkylation sites (tertiary alicyclic amines) is 1. The molecule has 0 aliphatic carbocycles. The fourth-order valence-electron chi connectivity index (χ4n) is 7.99. The van der Waals surface area contributed by atoms with Crippen molar-refractivity contribution >= 4 is 38.4 Å². The molecule has 8 rings (SSSR count). The van der Waals surface area contributed by atoms with Crippen LogP contribution in [0.25, 0.3) is 31.7 Å². The van der Waals surface area contributed by atoms with Gasteiger partial charge in [-0.05, 0) is 126 Å². The van der Waals surface area contributed by atoms with Gasteiger partial charge in [0.05, 0.1) is 34.2 Å². The number of benzene rings is 6. The van der Waals surface area contributed by atoms with Crippen molar-refractivity contribution in [1.82, 2.24) is 0 Å². The number of hydrogen-bond acceptors (Lipinski definition) is 5. The number of rotatable bonds is 15. The van der Waals surface area contributed by atoms with Gasteiger partial charge in [-0.15, -0.1) is 11.3 Å². The Labute approximate surface area is 384 Å². The lowest BCUT2D eigenvalue weighted by Gasteiger charge is -2.23. The summed E-state index contributed by atoms with van der Waals surface area (Å²) in [6, 6.07) is 52.5. The first-order chi connectivity index (χ1) is 30.2. The number of halogens is 1. The number of aromatic hydroxyl groups is 1. The number of likely N-dealkylation sites (N-methyl/N-ethyl adjacent to an activating group) is 1. The predicted molar refractivity (Wildman–Crippen MR) is 258 cm³/mol. The van der Waals surface area contributed by atoms with Gasteiger partial charge >= 0.3 is 0 Å². The minimum Gasteiger partial charge on any atom is -1.00 e. The van der Waals surface area contributed by atoms with E-state index in [-0.39, 0.29) is 23.9 Å². The van der Waals surface area contributed by atoms with Crippen LogP contribution in [0.5, 0.6) is 17.2 Å². The van der Waals surface area contributed by atoms with Gasteiger partial charge in [-0.1, -0.05) is 97.9 Å². The maximum absolute atomic E-state index is 13.6. The monoisotopic (exact) mass is 879 g/mol. The Morgan fingerprint density at radius 1 is 0.635 bits per heavy atom. The smallest absolute Gasteiger partial charge is 0.195 e. The highest BCUT2D eigenvalue weighted by molar-refractivity contribution is 7.22. The van der Waals surface area contributed by atoms with E-state index in [2.05, 4.69) is 113 Å². The molecule has 2 heterocycles. The largest absolute Gasteiger partial charge is 1.00 e. The third-order valence-electron chi connectivity index (χ3n) is 11.4. The fourth-order valence-corrected chi connectivity index (χ4v) is 9.19. The molecule has 1 aliphatic rings. The molecule has 1 aliphatic heterocycles. The number of piperidine rings is 1. The number of ketones is 1. The lowest BCUT2D eigenvalue weighted by Crippen LogP contribution is -3.13. The molecule has 0 spiro atoms. The molecule has 0 amide bonds. The summed E-state index contributed by atoms with van der Waals surface area (Å²) in [5.41, 5.74) is 8.67. The number of ether oxygens (including phenoxy) is 2. The zero-order valence-electron chi connectivity index (χ0n) is 37.0. The minimum absolute atomic E-state index is 0. The third-order valence-corrected chi connectivity index (χ3v) is 12.6. The van der Waals surface area contributed by atoms with Crippen LogP contribution in [0.15, 0.2) is 158 Å². The lowest BCUT2D eigenvalue weighted by molar-refractivity contribution is -0.904. The van der Waals surface area contributed by atoms with Gasteiger partial charge in [0, 0.05) is 26.1 Å². The van der Waals surface area contributed by atoms with Gasteiger partial charge in [0.15, 0.2) is 5.78 Å². The van der Waals surface area contributed by atoms with Gasteiger partial charge in [0.1, 0.15) is 43.6 Å². The van der Waals surface area contributed by atoms with E-state index in [9.17, 15) is 9.90 Å². The normalized spacial score (nSPS) is 13.3. The first kappa shape index (κ1) is 46.8. The standard InChI is InChI=1S/C28H27NO3S.C27H32NO.ClH/c30-22-12-8-21(9-13-22)28-26(24-6-2-3-7-25(24)33-28)27(31)20-10-14-23(15-11-20)32-19-18-29-16-4-1-5-17-29;1-5-26(22-12-8-6-9-13-22)27(23-14-10-7-11-15-23)24-16-18-25(19-17-24)29-21-20-28(2,3)4;/h2-3,6-15,30H,1,4-5,16-19H2;6-19H,5,20-21H2,1-4H3;1H/q;+1;/b;27-26-;. The molecule has 6 nitrogen and oxygen atoms in total. The average molecular weight is 881 g/mol. The predicted octanol–water partition coefficient (Wildman–Crippen LogP) is 8.10. The molecule has 326 valence electrons. The van der Waals surface area contributed by atoms with Crippen molar-refractivity contribution in [3.05, 3.63) is 186 Å². The van der Waals surface area contributed by atoms with Gasteiger partial charge in [0.2, 0.25) is 0 Å². The van der Waals surface area contributed by atoms with Gasteiger partial charge in [-0.3, -0.25) is 4.79 Å². The van der Waals surface area contributed by atoms with E-state index in [4.69, 9.17) is 9.47 Å². The number of nitrogens with zero attached hydrogens (tertiary/aromatic N) is 1. The second-order valence-corrected chi connectivity index (χ2v) is 18.0. The summed E-state index contributed by atoms with van der Waals surface area (Å²) in [5, 5.41) is 10.6. The second kappa shape index (κ2) is 22.6. The van der Waals surface area contributed by atoms with Crippen molar-refractivity contribution < 1.29 is 41.2 Å². The number of quaternary nitrogens is 2. The Morgan fingerprint density at radius 2 is 1.17 bits per heavy atom. The summed E-state index contributed by atoms with van der Waals surface area (Å²) in [6.45, 7) is 8.14. The fraction of sp³-hybridized carbons (Fsp3) is 0.255. The summed E-state index contributed by atoms with van der Waals surface area (Å²) in [5.74, 6) is 1.94. The van der Waals surface area contributed by atoms with Crippen LogP contribution in [0, 0.1) is 0 Å². The Hall–Kier alpha value is -5.70. The summed E-state index contributed by atoms with van der Waals surface area (Å²) in [6.07, 6.45) is 4.95. The summed E-state index contributed by atoms with van der Waals surface area (Å²) >= 11 is 1.60. The van der Waals surface area contributed by atoms with Crippen LogP contribution in [0.2, 0.25) is 0 Å². The molecule has 8 heteroatoms. The van der Waals surface area contributed by atoms with E-state index in [1.54, 1.807) is 28.4 Å². The SMILES string of the molecule is CC/C(=C(\c1ccccc1)c1ccc(OCC[N+](C)(C)C)cc1)c1ccccc1.O=C(c1ccc(OCC[NH+]2CCCCC2)cc1)c1c(-c2ccc(O)cc2)sc2ccccc12.[Cl-]. The van der Waals surface area contributed by atoms with Crippen molar-refractivity contribution in [2.24, 2.45) is 0 Å². The Kier molecular flexibility index (Phi) is 16.8. The van der Waals surface area contributed by atoms with Crippen LogP contribution in [-0.2, 0) is 0 Å². The third kappa shape index (κ3) is 12.7. The first-order valence-corrected chi connectivity index (χ1v) is 22.8. The zero-order valence-corrected chi connectivity index (χ0v) is 38.6. The molecule has 7 aromatic rings. The van der Waals surface area contributed by atoms with Crippen molar-refractivity contribution in [2.75, 3.05) is 60.5 Å². The maximum Gasteiger partial charge on any atom is 0.195 e. The minimum atomic E-state index is -0.000152. The zero-order chi connectivity index (χ0) is 43.3. The molecular weight excluding hydrogens is 820 g/mol. The molecule has 0 radical (unpaired) electrons. The highest BCUT2D eigenvalue weighted by Gasteiger charge is 2.22. The number of phenols is 1. The highest BCUT2D eigenvalue weighted by atomic mass is 35.5. The summed E-state index contributed by atoms with van der Waals surface area (Å²) < 4.78 is 13.9. The molecule has 2 N–H and O–H groups in total. The number of carbonyl (C=O) groups excluding carboxylic acids is 1. The average Bonchev–Trinajstić information content (AvgIpc) is 3.69. The number of thiophene rings is 1. The number of carbonyl (C=O) groups is 1. The first-order valence-electron chi connectivity index (χ1n) is 22.0. The van der Waals surface area contributed by atoms with Crippen LogP contribution in [0.3, 0.4) is 0 Å². The van der Waals surface area contributed by atoms with E-state index in [1.165, 1.54) is 60.2 Å². The number of nitrogens with one attached hydrogen (secondary N) is 1. The van der Waals surface area contributed by atoms with E-state index in [0.717, 1.165) is 56.0 Å². The topological polar surface area (TPSA) is 60.2 Å². The van der Waals surface area contributed by atoms with Crippen LogP contribution in [0.1, 0.15) is 65.2 Å². The van der Waals surface area contributed by atoms with E-state index >= 15 is 0 Å². The Morgan fingerprint density at radius 3 is 1.78 bits per heavy atom. The van der Waals surface area contributed by atoms with Gasteiger partial charge in [-0.2, -0.15) is 0 Å². The molecule has 1 aromatic heterocycles. The van der Waals surface area contributed by atoms with E-state index < -0.39 is 0 Å². The summed E-state index contributed by atoms with van der Waals surface area (Å²) in [4.78, 5) is 16.2. The number of hydrogen-bond donors (Lipinski definition) is 2. The molecule has 1 fully saturated rings. The molecular formula is C55H60ClN2O4S+. The molecule has 0 saturated carbocycles. The second-order valence-electron chi connectivity index (χ2n) is 16.9. The Balaban J connectivity index is 0.000000208. The molecule has 6 aromatic carbocycles. The Bertz CT molecular complexity index is 2520.